The van der Waals surface area contributed by atoms with Crippen LogP contribution in [0.1, 0.15) is 11.6 Å². The van der Waals surface area contributed by atoms with Crippen LogP contribution < -0.4 is 11.3 Å². The molecule has 0 saturated heterocycles. The quantitative estimate of drug-likeness (QED) is 0.709. The minimum absolute atomic E-state index is 0.238. The largest absolute Gasteiger partial charge is 0.383 e. The SMILES string of the molecule is COCC(N)c1ccc(=O)[nH]c1Cl. The Kier molecular flexibility index (Phi) is 3.48. The standard InChI is InChI=1S/C8H11ClN2O2/c1-13-4-6(10)5-2-3-7(12)11-8(5)9/h2-3,6H,4,10H2,1H3,(H,11,12). The van der Waals surface area contributed by atoms with E-state index in [0.717, 1.165) is 0 Å². The monoisotopic (exact) mass is 202 g/mol. The molecule has 72 valence electrons. The van der Waals surface area contributed by atoms with Crippen LogP contribution in [0.2, 0.25) is 5.15 Å². The van der Waals surface area contributed by atoms with E-state index in [9.17, 15) is 4.79 Å². The number of nitrogens with one attached hydrogen (secondary N) is 1. The Morgan fingerprint density at radius 1 is 1.69 bits per heavy atom. The lowest BCUT2D eigenvalue weighted by Crippen LogP contribution is -2.18. The summed E-state index contributed by atoms with van der Waals surface area (Å²) in [5.41, 5.74) is 6.17. The van der Waals surface area contributed by atoms with Gasteiger partial charge in [-0.25, -0.2) is 0 Å². The Bertz CT molecular complexity index is 337. The average Bonchev–Trinajstić information content (AvgIpc) is 2.04. The molecule has 0 aromatic carbocycles. The summed E-state index contributed by atoms with van der Waals surface area (Å²) in [6.45, 7) is 0.367. The van der Waals surface area contributed by atoms with Crippen molar-refractivity contribution in [3.05, 3.63) is 33.2 Å². The van der Waals surface area contributed by atoms with Crippen LogP contribution in [0.25, 0.3) is 0 Å². The molecule has 1 aromatic rings. The van der Waals surface area contributed by atoms with Crippen molar-refractivity contribution in [1.82, 2.24) is 4.98 Å². The molecular formula is C8H11ClN2O2. The molecular weight excluding hydrogens is 192 g/mol. The number of rotatable bonds is 3. The molecule has 13 heavy (non-hydrogen) atoms. The Morgan fingerprint density at radius 3 is 2.92 bits per heavy atom. The first kappa shape index (κ1) is 10.2. The molecule has 1 heterocycles. The molecule has 0 aliphatic heterocycles. The van der Waals surface area contributed by atoms with Crippen LogP contribution in [0.4, 0.5) is 0 Å². The summed E-state index contributed by atoms with van der Waals surface area (Å²) < 4.78 is 4.87. The van der Waals surface area contributed by atoms with Crippen molar-refractivity contribution < 1.29 is 4.74 Å². The zero-order valence-corrected chi connectivity index (χ0v) is 7.97. The fourth-order valence-corrected chi connectivity index (χ4v) is 1.31. The van der Waals surface area contributed by atoms with Crippen molar-refractivity contribution in [3.8, 4) is 0 Å². The average molecular weight is 203 g/mol. The van der Waals surface area contributed by atoms with Gasteiger partial charge in [0.2, 0.25) is 5.56 Å². The van der Waals surface area contributed by atoms with Crippen LogP contribution in [0.3, 0.4) is 0 Å². The van der Waals surface area contributed by atoms with Gasteiger partial charge in [-0.2, -0.15) is 0 Å². The summed E-state index contributed by atoms with van der Waals surface area (Å²) in [6.07, 6.45) is 0. The van der Waals surface area contributed by atoms with Crippen molar-refractivity contribution in [2.75, 3.05) is 13.7 Å². The van der Waals surface area contributed by atoms with Crippen LogP contribution in [-0.2, 0) is 4.74 Å². The van der Waals surface area contributed by atoms with Crippen LogP contribution in [0.5, 0.6) is 0 Å². The van der Waals surface area contributed by atoms with E-state index in [2.05, 4.69) is 4.98 Å². The zero-order valence-electron chi connectivity index (χ0n) is 7.21. The van der Waals surface area contributed by atoms with E-state index in [-0.39, 0.29) is 16.8 Å². The number of hydrogen-bond donors (Lipinski definition) is 2. The van der Waals surface area contributed by atoms with Gasteiger partial charge in [0.25, 0.3) is 0 Å². The second-order valence-electron chi connectivity index (χ2n) is 2.65. The fourth-order valence-electron chi connectivity index (χ4n) is 1.02. The highest BCUT2D eigenvalue weighted by Crippen LogP contribution is 2.16. The molecule has 3 N–H and O–H groups in total. The van der Waals surface area contributed by atoms with E-state index in [4.69, 9.17) is 22.1 Å². The number of nitrogens with two attached hydrogens (primary N) is 1. The minimum Gasteiger partial charge on any atom is -0.383 e. The molecule has 0 spiro atoms. The minimum atomic E-state index is -0.311. The van der Waals surface area contributed by atoms with Crippen LogP contribution in [-0.4, -0.2) is 18.7 Å². The van der Waals surface area contributed by atoms with E-state index < -0.39 is 0 Å². The third-order valence-electron chi connectivity index (χ3n) is 1.65. The maximum Gasteiger partial charge on any atom is 0.249 e. The highest BCUT2D eigenvalue weighted by atomic mass is 35.5. The van der Waals surface area contributed by atoms with Gasteiger partial charge in [-0.15, -0.1) is 0 Å². The van der Waals surface area contributed by atoms with E-state index in [1.54, 1.807) is 13.2 Å². The smallest absolute Gasteiger partial charge is 0.249 e. The highest BCUT2D eigenvalue weighted by molar-refractivity contribution is 6.30. The summed E-state index contributed by atoms with van der Waals surface area (Å²) in [4.78, 5) is 13.3. The molecule has 0 fully saturated rings. The molecule has 0 saturated carbocycles. The second kappa shape index (κ2) is 4.41. The van der Waals surface area contributed by atoms with Gasteiger partial charge in [-0.3, -0.25) is 4.79 Å². The summed E-state index contributed by atoms with van der Waals surface area (Å²) in [7, 11) is 1.56. The lowest BCUT2D eigenvalue weighted by molar-refractivity contribution is 0.181. The first-order valence-corrected chi connectivity index (χ1v) is 4.16. The number of ether oxygens (including phenoxy) is 1. The second-order valence-corrected chi connectivity index (χ2v) is 3.03. The Hall–Kier alpha value is -0.840. The molecule has 1 aromatic heterocycles. The summed E-state index contributed by atoms with van der Waals surface area (Å²) >= 11 is 5.77. The normalized spacial score (nSPS) is 12.8. The van der Waals surface area contributed by atoms with E-state index in [1.165, 1.54) is 6.07 Å². The molecule has 0 aliphatic carbocycles. The number of aromatic amines is 1. The van der Waals surface area contributed by atoms with E-state index in [1.807, 2.05) is 0 Å². The highest BCUT2D eigenvalue weighted by Gasteiger charge is 2.09. The molecule has 5 heteroatoms. The Morgan fingerprint density at radius 2 is 2.38 bits per heavy atom. The molecule has 1 unspecified atom stereocenters. The van der Waals surface area contributed by atoms with Gasteiger partial charge in [-0.05, 0) is 6.07 Å². The van der Waals surface area contributed by atoms with Gasteiger partial charge >= 0.3 is 0 Å². The predicted octanol–water partition coefficient (Wildman–Crippen LogP) is 0.675. The lowest BCUT2D eigenvalue weighted by Gasteiger charge is -2.11. The van der Waals surface area contributed by atoms with E-state index in [0.29, 0.717) is 12.2 Å². The van der Waals surface area contributed by atoms with Crippen molar-refractivity contribution in [1.29, 1.82) is 0 Å². The molecule has 0 bridgehead atoms. The van der Waals surface area contributed by atoms with Crippen LogP contribution in [0.15, 0.2) is 16.9 Å². The summed E-state index contributed by atoms with van der Waals surface area (Å²) in [5, 5.41) is 0.275. The van der Waals surface area contributed by atoms with Crippen molar-refractivity contribution in [2.24, 2.45) is 5.73 Å². The maximum atomic E-state index is 10.8. The Balaban J connectivity index is 2.94. The molecule has 0 radical (unpaired) electrons. The first-order valence-electron chi connectivity index (χ1n) is 3.78. The maximum absolute atomic E-state index is 10.8. The Labute approximate surface area is 80.7 Å². The van der Waals surface area contributed by atoms with Crippen LogP contribution >= 0.6 is 11.6 Å². The number of pyridine rings is 1. The molecule has 1 rings (SSSR count). The third-order valence-corrected chi connectivity index (χ3v) is 1.96. The summed E-state index contributed by atoms with van der Waals surface area (Å²) in [5.74, 6) is 0. The number of halogens is 1. The molecule has 4 nitrogen and oxygen atoms in total. The summed E-state index contributed by atoms with van der Waals surface area (Å²) in [6, 6.07) is 2.68. The number of hydrogen-bond acceptors (Lipinski definition) is 3. The zero-order chi connectivity index (χ0) is 9.84. The van der Waals surface area contributed by atoms with Gasteiger partial charge in [0, 0.05) is 18.7 Å². The number of H-pyrrole nitrogens is 1. The van der Waals surface area contributed by atoms with Crippen molar-refractivity contribution in [2.45, 2.75) is 6.04 Å². The van der Waals surface area contributed by atoms with Gasteiger partial charge < -0.3 is 15.5 Å². The van der Waals surface area contributed by atoms with Gasteiger partial charge in [0.05, 0.1) is 12.6 Å². The number of methoxy groups -OCH3 is 1. The van der Waals surface area contributed by atoms with Crippen molar-refractivity contribution >= 4 is 11.6 Å². The van der Waals surface area contributed by atoms with Crippen molar-refractivity contribution in [3.63, 3.8) is 0 Å². The number of aromatic nitrogens is 1. The van der Waals surface area contributed by atoms with Gasteiger partial charge in [0.15, 0.2) is 0 Å². The topological polar surface area (TPSA) is 68.1 Å². The van der Waals surface area contributed by atoms with Gasteiger partial charge in [-0.1, -0.05) is 11.6 Å². The first-order chi connectivity index (χ1) is 6.15. The molecule has 0 aliphatic rings. The third kappa shape index (κ3) is 2.55. The molecule has 1 atom stereocenters. The molecule has 0 amide bonds. The predicted molar refractivity (Wildman–Crippen MR) is 50.9 cm³/mol. The van der Waals surface area contributed by atoms with Gasteiger partial charge in [0.1, 0.15) is 5.15 Å². The fraction of sp³-hybridized carbons (Fsp3) is 0.375. The van der Waals surface area contributed by atoms with Crippen LogP contribution in [0, 0.1) is 0 Å². The van der Waals surface area contributed by atoms with E-state index >= 15 is 0 Å². The lowest BCUT2D eigenvalue weighted by atomic mass is 10.1.